The highest BCUT2D eigenvalue weighted by molar-refractivity contribution is 5.82. The number of benzene rings is 1. The van der Waals surface area contributed by atoms with Gasteiger partial charge in [0, 0.05) is 25.5 Å². The molecular formula is C22H25N5O4. The van der Waals surface area contributed by atoms with Gasteiger partial charge in [-0.15, -0.1) is 0 Å². The summed E-state index contributed by atoms with van der Waals surface area (Å²) >= 11 is 0. The van der Waals surface area contributed by atoms with Crippen molar-refractivity contribution in [3.63, 3.8) is 0 Å². The van der Waals surface area contributed by atoms with Gasteiger partial charge in [-0.3, -0.25) is 19.0 Å². The maximum absolute atomic E-state index is 12.8. The van der Waals surface area contributed by atoms with Gasteiger partial charge in [0.1, 0.15) is 5.75 Å². The van der Waals surface area contributed by atoms with Gasteiger partial charge in [-0.05, 0) is 24.1 Å². The van der Waals surface area contributed by atoms with E-state index in [4.69, 9.17) is 4.74 Å². The number of carbonyl (C=O) groups is 2. The fourth-order valence-corrected chi connectivity index (χ4v) is 3.83. The first-order chi connectivity index (χ1) is 15.0. The van der Waals surface area contributed by atoms with E-state index in [-0.39, 0.29) is 31.3 Å². The van der Waals surface area contributed by atoms with Crippen LogP contribution in [0.2, 0.25) is 0 Å². The van der Waals surface area contributed by atoms with Crippen LogP contribution in [0.4, 0.5) is 0 Å². The third kappa shape index (κ3) is 4.66. The average molecular weight is 423 g/mol. The van der Waals surface area contributed by atoms with Crippen molar-refractivity contribution in [3.05, 3.63) is 60.3 Å². The molecule has 0 bridgehead atoms. The Hall–Kier alpha value is -3.46. The van der Waals surface area contributed by atoms with Gasteiger partial charge < -0.3 is 20.1 Å². The van der Waals surface area contributed by atoms with Crippen molar-refractivity contribution in [2.24, 2.45) is 5.92 Å². The lowest BCUT2D eigenvalue weighted by molar-refractivity contribution is -0.139. The minimum atomic E-state index is -0.785. The lowest BCUT2D eigenvalue weighted by atomic mass is 9.93. The highest BCUT2D eigenvalue weighted by Crippen LogP contribution is 2.20. The molecule has 2 N–H and O–H groups in total. The fraction of sp³-hybridized carbons (Fsp3) is 0.364. The number of ether oxygens (including phenoxy) is 1. The summed E-state index contributed by atoms with van der Waals surface area (Å²) in [5, 5.41) is 13.3. The third-order valence-corrected chi connectivity index (χ3v) is 5.59. The van der Waals surface area contributed by atoms with Crippen LogP contribution in [-0.2, 0) is 22.6 Å². The van der Waals surface area contributed by atoms with Crippen LogP contribution in [0.1, 0.15) is 17.7 Å². The fourth-order valence-electron chi connectivity index (χ4n) is 3.83. The monoisotopic (exact) mass is 423 g/mol. The number of methoxy groups -OCH3 is 1. The second-order valence-electron chi connectivity index (χ2n) is 7.60. The van der Waals surface area contributed by atoms with Crippen molar-refractivity contribution < 1.29 is 19.4 Å². The number of rotatable bonds is 6. The minimum Gasteiger partial charge on any atom is -0.497 e. The molecule has 162 valence electrons. The molecule has 2 aromatic heterocycles. The molecule has 1 fully saturated rings. The SMILES string of the molecule is COc1cccc(CC(=O)N2CC[C@@H](O)[C@@H](C(=O)NCc3cnc4cnccn34)C2)c1. The molecule has 0 unspecified atom stereocenters. The Bertz CT molecular complexity index is 1080. The molecule has 0 aliphatic carbocycles. The summed E-state index contributed by atoms with van der Waals surface area (Å²) in [6.07, 6.45) is 6.54. The maximum atomic E-state index is 12.8. The summed E-state index contributed by atoms with van der Waals surface area (Å²) in [6.45, 7) is 0.881. The highest BCUT2D eigenvalue weighted by Gasteiger charge is 2.35. The van der Waals surface area contributed by atoms with Crippen molar-refractivity contribution in [1.82, 2.24) is 24.6 Å². The number of fused-ring (bicyclic) bond motifs is 1. The molecule has 31 heavy (non-hydrogen) atoms. The van der Waals surface area contributed by atoms with E-state index >= 15 is 0 Å². The number of amides is 2. The number of likely N-dealkylation sites (tertiary alicyclic amines) is 1. The zero-order valence-corrected chi connectivity index (χ0v) is 17.3. The smallest absolute Gasteiger partial charge is 0.227 e. The van der Waals surface area contributed by atoms with Crippen molar-refractivity contribution in [2.45, 2.75) is 25.5 Å². The Morgan fingerprint density at radius 2 is 2.19 bits per heavy atom. The van der Waals surface area contributed by atoms with E-state index in [2.05, 4.69) is 15.3 Å². The number of carbonyl (C=O) groups excluding carboxylic acids is 2. The Morgan fingerprint density at radius 3 is 3.03 bits per heavy atom. The zero-order valence-electron chi connectivity index (χ0n) is 17.3. The number of nitrogens with one attached hydrogen (secondary N) is 1. The number of aliphatic hydroxyl groups excluding tert-OH is 1. The molecule has 9 nitrogen and oxygen atoms in total. The Morgan fingerprint density at radius 1 is 1.32 bits per heavy atom. The maximum Gasteiger partial charge on any atom is 0.227 e. The third-order valence-electron chi connectivity index (χ3n) is 5.59. The molecule has 1 saturated heterocycles. The molecule has 4 rings (SSSR count). The molecular weight excluding hydrogens is 398 g/mol. The van der Waals surface area contributed by atoms with Crippen LogP contribution in [0.3, 0.4) is 0 Å². The van der Waals surface area contributed by atoms with E-state index in [0.29, 0.717) is 24.4 Å². The van der Waals surface area contributed by atoms with Gasteiger partial charge in [0.05, 0.1) is 50.2 Å². The number of hydrogen-bond acceptors (Lipinski definition) is 6. The lowest BCUT2D eigenvalue weighted by Crippen LogP contribution is -2.51. The molecule has 1 aromatic carbocycles. The normalized spacial score (nSPS) is 18.7. The van der Waals surface area contributed by atoms with Crippen LogP contribution in [0.15, 0.2) is 49.1 Å². The average Bonchev–Trinajstić information content (AvgIpc) is 3.21. The largest absolute Gasteiger partial charge is 0.497 e. The highest BCUT2D eigenvalue weighted by atomic mass is 16.5. The number of nitrogens with zero attached hydrogens (tertiary/aromatic N) is 4. The van der Waals surface area contributed by atoms with E-state index < -0.39 is 12.0 Å². The van der Waals surface area contributed by atoms with Gasteiger partial charge in [0.15, 0.2) is 5.65 Å². The van der Waals surface area contributed by atoms with Crippen molar-refractivity contribution in [2.75, 3.05) is 20.2 Å². The summed E-state index contributed by atoms with van der Waals surface area (Å²) in [5.41, 5.74) is 2.35. The number of aromatic nitrogens is 3. The second kappa shape index (κ2) is 9.13. The van der Waals surface area contributed by atoms with E-state index in [0.717, 1.165) is 11.3 Å². The molecule has 1 aliphatic rings. The number of imidazole rings is 1. The molecule has 3 heterocycles. The molecule has 1 aliphatic heterocycles. The van der Waals surface area contributed by atoms with Crippen LogP contribution < -0.4 is 10.1 Å². The summed E-state index contributed by atoms with van der Waals surface area (Å²) < 4.78 is 7.05. The Labute approximate surface area is 179 Å². The lowest BCUT2D eigenvalue weighted by Gasteiger charge is -2.35. The van der Waals surface area contributed by atoms with Gasteiger partial charge in [-0.2, -0.15) is 0 Å². The van der Waals surface area contributed by atoms with Crippen molar-refractivity contribution in [1.29, 1.82) is 0 Å². The Balaban J connectivity index is 1.37. The van der Waals surface area contributed by atoms with Crippen molar-refractivity contribution >= 4 is 17.5 Å². The van der Waals surface area contributed by atoms with Crippen LogP contribution in [-0.4, -0.2) is 62.5 Å². The van der Waals surface area contributed by atoms with Crippen LogP contribution >= 0.6 is 0 Å². The van der Waals surface area contributed by atoms with E-state index in [1.54, 1.807) is 36.8 Å². The topological polar surface area (TPSA) is 109 Å². The van der Waals surface area contributed by atoms with E-state index in [1.165, 1.54) is 0 Å². The molecule has 2 atom stereocenters. The predicted octanol–water partition coefficient (Wildman–Crippen LogP) is 0.806. The van der Waals surface area contributed by atoms with Gasteiger partial charge in [0.2, 0.25) is 11.8 Å². The summed E-state index contributed by atoms with van der Waals surface area (Å²) in [7, 11) is 1.58. The number of aliphatic hydroxyl groups is 1. The number of piperidine rings is 1. The molecule has 0 spiro atoms. The molecule has 0 saturated carbocycles. The molecule has 9 heteroatoms. The van der Waals surface area contributed by atoms with Gasteiger partial charge in [0.25, 0.3) is 0 Å². The summed E-state index contributed by atoms with van der Waals surface area (Å²) in [4.78, 5) is 35.5. The predicted molar refractivity (Wildman–Crippen MR) is 112 cm³/mol. The quantitative estimate of drug-likeness (QED) is 0.607. The standard InChI is InChI=1S/C22H25N5O4/c1-31-17-4-2-3-15(9-17)10-21(29)26-7-5-19(28)18(14-26)22(30)25-12-16-11-24-20-13-23-6-8-27(16)20/h2-4,6,8-9,11,13,18-19,28H,5,7,10,12,14H2,1H3,(H,25,30)/t18-,19+/m0/s1. The van der Waals surface area contributed by atoms with Gasteiger partial charge in [-0.1, -0.05) is 12.1 Å². The van der Waals surface area contributed by atoms with Crippen LogP contribution in [0.5, 0.6) is 5.75 Å². The molecule has 0 radical (unpaired) electrons. The summed E-state index contributed by atoms with van der Waals surface area (Å²) in [6, 6.07) is 7.36. The van der Waals surface area contributed by atoms with Gasteiger partial charge in [-0.25, -0.2) is 4.98 Å². The first-order valence-electron chi connectivity index (χ1n) is 10.2. The molecule has 3 aromatic rings. The number of hydrogen-bond donors (Lipinski definition) is 2. The molecule has 2 amide bonds. The van der Waals surface area contributed by atoms with Crippen LogP contribution in [0, 0.1) is 5.92 Å². The first kappa shape index (κ1) is 20.8. The first-order valence-corrected chi connectivity index (χ1v) is 10.2. The second-order valence-corrected chi connectivity index (χ2v) is 7.60. The zero-order chi connectivity index (χ0) is 21.8. The van der Waals surface area contributed by atoms with Crippen molar-refractivity contribution in [3.8, 4) is 5.75 Å². The summed E-state index contributed by atoms with van der Waals surface area (Å²) in [5.74, 6) is -0.341. The minimum absolute atomic E-state index is 0.0766. The van der Waals surface area contributed by atoms with Crippen LogP contribution in [0.25, 0.3) is 5.65 Å². The Kier molecular flexibility index (Phi) is 6.13. The van der Waals surface area contributed by atoms with E-state index in [9.17, 15) is 14.7 Å². The van der Waals surface area contributed by atoms with Gasteiger partial charge >= 0.3 is 0 Å². The van der Waals surface area contributed by atoms with E-state index in [1.807, 2.05) is 28.7 Å².